The predicted octanol–water partition coefficient (Wildman–Crippen LogP) is 1.49. The maximum absolute atomic E-state index is 5.45. The van der Waals surface area contributed by atoms with Crippen molar-refractivity contribution in [3.8, 4) is 0 Å². The van der Waals surface area contributed by atoms with Crippen molar-refractivity contribution < 1.29 is 4.74 Å². The first-order valence-electron chi connectivity index (χ1n) is 6.33. The molecule has 1 N–H and O–H groups in total. The summed E-state index contributed by atoms with van der Waals surface area (Å²) in [5, 5.41) is 3.60. The van der Waals surface area contributed by atoms with E-state index in [0.717, 1.165) is 32.8 Å². The molecule has 0 aromatic heterocycles. The Morgan fingerprint density at radius 1 is 1.40 bits per heavy atom. The average Bonchev–Trinajstić information content (AvgIpc) is 2.29. The molecule has 0 radical (unpaired) electrons. The van der Waals surface area contributed by atoms with Crippen LogP contribution in [-0.4, -0.2) is 49.8 Å². The van der Waals surface area contributed by atoms with Gasteiger partial charge < -0.3 is 10.1 Å². The fourth-order valence-corrected chi connectivity index (χ4v) is 2.21. The summed E-state index contributed by atoms with van der Waals surface area (Å²) in [4.78, 5) is 2.48. The molecule has 90 valence electrons. The van der Waals surface area contributed by atoms with Crippen molar-refractivity contribution in [1.29, 1.82) is 0 Å². The van der Waals surface area contributed by atoms with Gasteiger partial charge in [0.25, 0.3) is 0 Å². The number of likely N-dealkylation sites (N-methyl/N-ethyl adjacent to an activating group) is 1. The number of rotatable bonds is 6. The first-order chi connectivity index (χ1) is 7.27. The molecule has 3 nitrogen and oxygen atoms in total. The predicted molar refractivity (Wildman–Crippen MR) is 64.2 cm³/mol. The van der Waals surface area contributed by atoms with Crippen LogP contribution in [0.1, 0.15) is 33.6 Å². The van der Waals surface area contributed by atoms with Gasteiger partial charge in [-0.15, -0.1) is 0 Å². The molecule has 0 aromatic carbocycles. The number of ether oxygens (including phenoxy) is 1. The van der Waals surface area contributed by atoms with E-state index < -0.39 is 0 Å². The molecule has 2 atom stereocenters. The van der Waals surface area contributed by atoms with Gasteiger partial charge in [-0.1, -0.05) is 13.8 Å². The maximum atomic E-state index is 5.45. The van der Waals surface area contributed by atoms with Crippen molar-refractivity contribution >= 4 is 0 Å². The van der Waals surface area contributed by atoms with Gasteiger partial charge in [-0.05, 0) is 32.9 Å². The summed E-state index contributed by atoms with van der Waals surface area (Å²) >= 11 is 0. The summed E-state index contributed by atoms with van der Waals surface area (Å²) in [5.74, 6) is 0. The van der Waals surface area contributed by atoms with Crippen LogP contribution in [0.25, 0.3) is 0 Å². The lowest BCUT2D eigenvalue weighted by atomic mass is 10.1. The van der Waals surface area contributed by atoms with Gasteiger partial charge in [0.15, 0.2) is 0 Å². The van der Waals surface area contributed by atoms with E-state index >= 15 is 0 Å². The van der Waals surface area contributed by atoms with Gasteiger partial charge in [-0.25, -0.2) is 0 Å². The lowest BCUT2D eigenvalue weighted by molar-refractivity contribution is 0.0675. The van der Waals surface area contributed by atoms with Gasteiger partial charge >= 0.3 is 0 Å². The van der Waals surface area contributed by atoms with Crippen LogP contribution in [0.2, 0.25) is 0 Å². The van der Waals surface area contributed by atoms with Crippen molar-refractivity contribution in [3.63, 3.8) is 0 Å². The zero-order chi connectivity index (χ0) is 11.1. The number of hydrogen-bond donors (Lipinski definition) is 1. The summed E-state index contributed by atoms with van der Waals surface area (Å²) in [6, 6.07) is 1.21. The third-order valence-electron chi connectivity index (χ3n) is 3.30. The molecule has 2 unspecified atom stereocenters. The van der Waals surface area contributed by atoms with Crippen molar-refractivity contribution in [2.24, 2.45) is 0 Å². The molecule has 0 bridgehead atoms. The highest BCUT2D eigenvalue weighted by molar-refractivity contribution is 4.74. The van der Waals surface area contributed by atoms with Gasteiger partial charge in [0.2, 0.25) is 0 Å². The van der Waals surface area contributed by atoms with Crippen LogP contribution >= 0.6 is 0 Å². The Bertz CT molecular complexity index is 154. The van der Waals surface area contributed by atoms with E-state index in [2.05, 4.69) is 31.0 Å². The molecule has 0 saturated carbocycles. The molecular formula is C12H26N2O. The van der Waals surface area contributed by atoms with Crippen LogP contribution in [0, 0.1) is 0 Å². The van der Waals surface area contributed by atoms with Crippen LogP contribution in [-0.2, 0) is 4.74 Å². The highest BCUT2D eigenvalue weighted by Crippen LogP contribution is 2.06. The molecule has 0 aromatic rings. The van der Waals surface area contributed by atoms with E-state index in [1.54, 1.807) is 0 Å². The minimum Gasteiger partial charge on any atom is -0.380 e. The second-order valence-corrected chi connectivity index (χ2v) is 4.39. The molecular weight excluding hydrogens is 188 g/mol. The smallest absolute Gasteiger partial charge is 0.0619 e. The third kappa shape index (κ3) is 4.49. The van der Waals surface area contributed by atoms with Crippen LogP contribution < -0.4 is 5.32 Å². The summed E-state index contributed by atoms with van der Waals surface area (Å²) in [5.41, 5.74) is 0. The quantitative estimate of drug-likeness (QED) is 0.725. The van der Waals surface area contributed by atoms with Crippen LogP contribution in [0.3, 0.4) is 0 Å². The number of nitrogens with one attached hydrogen (secondary N) is 1. The molecule has 15 heavy (non-hydrogen) atoms. The fourth-order valence-electron chi connectivity index (χ4n) is 2.21. The summed E-state index contributed by atoms with van der Waals surface area (Å²) in [6.07, 6.45) is 2.47. The molecule has 1 heterocycles. The Labute approximate surface area is 94.2 Å². The van der Waals surface area contributed by atoms with E-state index in [1.807, 2.05) is 0 Å². The molecule has 1 rings (SSSR count). The SMILES string of the molecule is CCN(CC)C(C)CNC1CCCOC1. The summed E-state index contributed by atoms with van der Waals surface area (Å²) < 4.78 is 5.45. The molecule has 1 fully saturated rings. The number of nitrogens with zero attached hydrogens (tertiary/aromatic N) is 1. The van der Waals surface area contributed by atoms with Crippen LogP contribution in [0.5, 0.6) is 0 Å². The Kier molecular flexibility index (Phi) is 6.22. The van der Waals surface area contributed by atoms with E-state index in [9.17, 15) is 0 Å². The second-order valence-electron chi connectivity index (χ2n) is 4.39. The highest BCUT2D eigenvalue weighted by atomic mass is 16.5. The lowest BCUT2D eigenvalue weighted by Gasteiger charge is -2.30. The molecule has 1 saturated heterocycles. The lowest BCUT2D eigenvalue weighted by Crippen LogP contribution is -2.45. The van der Waals surface area contributed by atoms with Crippen molar-refractivity contribution in [3.05, 3.63) is 0 Å². The maximum Gasteiger partial charge on any atom is 0.0619 e. The Balaban J connectivity index is 2.16. The topological polar surface area (TPSA) is 24.5 Å². The largest absolute Gasteiger partial charge is 0.380 e. The Hall–Kier alpha value is -0.120. The van der Waals surface area contributed by atoms with E-state index in [-0.39, 0.29) is 0 Å². The number of hydrogen-bond acceptors (Lipinski definition) is 3. The highest BCUT2D eigenvalue weighted by Gasteiger charge is 2.15. The molecule has 3 heteroatoms. The molecule has 0 spiro atoms. The van der Waals surface area contributed by atoms with Crippen molar-refractivity contribution in [1.82, 2.24) is 10.2 Å². The van der Waals surface area contributed by atoms with E-state index in [1.165, 1.54) is 12.8 Å². The minimum atomic E-state index is 0.580. The Morgan fingerprint density at radius 3 is 2.67 bits per heavy atom. The van der Waals surface area contributed by atoms with Crippen molar-refractivity contribution in [2.75, 3.05) is 32.8 Å². The van der Waals surface area contributed by atoms with E-state index in [0.29, 0.717) is 12.1 Å². The zero-order valence-electron chi connectivity index (χ0n) is 10.5. The molecule has 0 amide bonds. The second kappa shape index (κ2) is 7.20. The van der Waals surface area contributed by atoms with Gasteiger partial charge in [-0.2, -0.15) is 0 Å². The van der Waals surface area contributed by atoms with Gasteiger partial charge in [-0.3, -0.25) is 4.90 Å². The standard InChI is InChI=1S/C12H26N2O/c1-4-14(5-2)11(3)9-13-12-7-6-8-15-10-12/h11-13H,4-10H2,1-3H3. The zero-order valence-corrected chi connectivity index (χ0v) is 10.5. The van der Waals surface area contributed by atoms with Crippen molar-refractivity contribution in [2.45, 2.75) is 45.7 Å². The minimum absolute atomic E-state index is 0.580. The van der Waals surface area contributed by atoms with Gasteiger partial charge in [0.05, 0.1) is 6.61 Å². The molecule has 1 aliphatic heterocycles. The summed E-state index contributed by atoms with van der Waals surface area (Å²) in [7, 11) is 0. The normalized spacial score (nSPS) is 24.4. The molecule has 1 aliphatic rings. The first-order valence-corrected chi connectivity index (χ1v) is 6.33. The van der Waals surface area contributed by atoms with Crippen LogP contribution in [0.4, 0.5) is 0 Å². The van der Waals surface area contributed by atoms with Gasteiger partial charge in [0.1, 0.15) is 0 Å². The van der Waals surface area contributed by atoms with Gasteiger partial charge in [0, 0.05) is 25.2 Å². The third-order valence-corrected chi connectivity index (χ3v) is 3.30. The molecule has 0 aliphatic carbocycles. The monoisotopic (exact) mass is 214 g/mol. The first kappa shape index (κ1) is 12.9. The Morgan fingerprint density at radius 2 is 2.13 bits per heavy atom. The average molecular weight is 214 g/mol. The van der Waals surface area contributed by atoms with Crippen LogP contribution in [0.15, 0.2) is 0 Å². The van der Waals surface area contributed by atoms with E-state index in [4.69, 9.17) is 4.74 Å². The summed E-state index contributed by atoms with van der Waals surface area (Å²) in [6.45, 7) is 11.9. The fraction of sp³-hybridized carbons (Fsp3) is 1.00.